The molecule has 0 aliphatic carbocycles. The fourth-order valence-electron chi connectivity index (χ4n) is 2.97. The van der Waals surface area contributed by atoms with Gasteiger partial charge in [0.1, 0.15) is 0 Å². The Labute approximate surface area is 115 Å². The van der Waals surface area contributed by atoms with E-state index in [1.54, 1.807) is 0 Å². The summed E-state index contributed by atoms with van der Waals surface area (Å²) in [5, 5.41) is 3.27. The number of fused-ring (bicyclic) bond motifs is 1. The Kier molecular flexibility index (Phi) is 3.72. The van der Waals surface area contributed by atoms with Crippen molar-refractivity contribution in [1.82, 2.24) is 14.8 Å². The average molecular weight is 263 g/mol. The second-order valence-corrected chi connectivity index (χ2v) is 5.88. The van der Waals surface area contributed by atoms with Crippen molar-refractivity contribution in [2.75, 3.05) is 13.1 Å². The van der Waals surface area contributed by atoms with E-state index in [0.29, 0.717) is 0 Å². The highest BCUT2D eigenvalue weighted by molar-refractivity contribution is 5.86. The zero-order chi connectivity index (χ0) is 14.2. The zero-order valence-corrected chi connectivity index (χ0v) is 12.7. The minimum absolute atomic E-state index is 0.146. The first-order chi connectivity index (χ1) is 8.88. The van der Waals surface area contributed by atoms with Crippen LogP contribution in [0.4, 0.5) is 0 Å². The Bertz CT molecular complexity index is 476. The molecule has 1 aromatic heterocycles. The van der Waals surface area contributed by atoms with Gasteiger partial charge >= 0.3 is 0 Å². The number of nitrogens with zero attached hydrogens (tertiary/aromatic N) is 2. The molecule has 19 heavy (non-hydrogen) atoms. The van der Waals surface area contributed by atoms with Crippen LogP contribution in [0.1, 0.15) is 45.1 Å². The van der Waals surface area contributed by atoms with Gasteiger partial charge in [0.25, 0.3) is 0 Å². The third-order valence-corrected chi connectivity index (χ3v) is 4.11. The monoisotopic (exact) mass is 263 g/mol. The molecule has 0 saturated carbocycles. The van der Waals surface area contributed by atoms with Crippen molar-refractivity contribution >= 4 is 5.91 Å². The van der Waals surface area contributed by atoms with Crippen LogP contribution in [0.2, 0.25) is 0 Å². The van der Waals surface area contributed by atoms with Gasteiger partial charge in [-0.3, -0.25) is 4.79 Å². The fraction of sp³-hybridized carbons (Fsp3) is 0.667. The van der Waals surface area contributed by atoms with Gasteiger partial charge in [0.15, 0.2) is 0 Å². The van der Waals surface area contributed by atoms with Crippen molar-refractivity contribution in [3.63, 3.8) is 0 Å². The minimum Gasteiger partial charge on any atom is -0.345 e. The molecule has 1 unspecified atom stereocenters. The molecule has 0 fully saturated rings. The second-order valence-electron chi connectivity index (χ2n) is 5.88. The van der Waals surface area contributed by atoms with Gasteiger partial charge in [-0.15, -0.1) is 0 Å². The third kappa shape index (κ3) is 2.41. The molecule has 1 aliphatic rings. The van der Waals surface area contributed by atoms with Crippen LogP contribution >= 0.6 is 0 Å². The lowest BCUT2D eigenvalue weighted by atomic mass is 10.0. The Balaban J connectivity index is 2.22. The molecule has 0 bridgehead atoms. The molecule has 106 valence electrons. The molecule has 2 rings (SSSR count). The van der Waals surface area contributed by atoms with E-state index in [1.165, 1.54) is 11.4 Å². The van der Waals surface area contributed by atoms with E-state index >= 15 is 0 Å². The minimum atomic E-state index is -0.493. The summed E-state index contributed by atoms with van der Waals surface area (Å²) < 4.78 is 2.31. The number of amides is 1. The summed E-state index contributed by atoms with van der Waals surface area (Å²) in [7, 11) is 0. The van der Waals surface area contributed by atoms with Crippen LogP contribution in [0, 0.1) is 6.92 Å². The molecule has 1 N–H and O–H groups in total. The molecule has 0 spiro atoms. The summed E-state index contributed by atoms with van der Waals surface area (Å²) in [4.78, 5) is 14.7. The maximum absolute atomic E-state index is 12.7. The van der Waals surface area contributed by atoms with E-state index in [0.717, 1.165) is 19.6 Å². The summed E-state index contributed by atoms with van der Waals surface area (Å²) in [6.45, 7) is 12.7. The van der Waals surface area contributed by atoms with Crippen molar-refractivity contribution in [1.29, 1.82) is 0 Å². The van der Waals surface area contributed by atoms with Gasteiger partial charge in [-0.1, -0.05) is 6.92 Å². The molecule has 2 heterocycles. The van der Waals surface area contributed by atoms with Crippen molar-refractivity contribution in [3.8, 4) is 0 Å². The first-order valence-electron chi connectivity index (χ1n) is 7.10. The Morgan fingerprint density at radius 2 is 2.11 bits per heavy atom. The van der Waals surface area contributed by atoms with E-state index in [1.807, 2.05) is 25.7 Å². The lowest BCUT2D eigenvalue weighted by molar-refractivity contribution is -0.140. The van der Waals surface area contributed by atoms with Crippen molar-refractivity contribution in [3.05, 3.63) is 23.5 Å². The van der Waals surface area contributed by atoms with E-state index < -0.39 is 5.54 Å². The number of hydrogen-bond donors (Lipinski definition) is 1. The summed E-state index contributed by atoms with van der Waals surface area (Å²) >= 11 is 0. The molecule has 0 radical (unpaired) electrons. The standard InChI is InChI=1S/C15H25N3O/c1-6-16-15(4,5)14(19)18-10-9-17-11(2)7-8-13(17)12(18)3/h7-8,12,16H,6,9-10H2,1-5H3. The van der Waals surface area contributed by atoms with Gasteiger partial charge in [-0.25, -0.2) is 0 Å². The number of rotatable bonds is 3. The Hall–Kier alpha value is -1.29. The number of carbonyl (C=O) groups excluding carboxylic acids is 1. The Morgan fingerprint density at radius 3 is 2.74 bits per heavy atom. The van der Waals surface area contributed by atoms with E-state index in [9.17, 15) is 4.79 Å². The highest BCUT2D eigenvalue weighted by atomic mass is 16.2. The summed E-state index contributed by atoms with van der Waals surface area (Å²) in [6.07, 6.45) is 0. The first-order valence-corrected chi connectivity index (χ1v) is 7.10. The third-order valence-electron chi connectivity index (χ3n) is 4.11. The number of likely N-dealkylation sites (N-methyl/N-ethyl adjacent to an activating group) is 1. The largest absolute Gasteiger partial charge is 0.345 e. The molecule has 1 aliphatic heterocycles. The number of nitrogens with one attached hydrogen (secondary N) is 1. The van der Waals surface area contributed by atoms with Crippen LogP contribution in [0.15, 0.2) is 12.1 Å². The lowest BCUT2D eigenvalue weighted by Gasteiger charge is -2.40. The molecular formula is C15H25N3O. The molecule has 0 aromatic carbocycles. The van der Waals surface area contributed by atoms with Gasteiger partial charge < -0.3 is 14.8 Å². The SMILES string of the molecule is CCNC(C)(C)C(=O)N1CCn2c(C)ccc2C1C. The first kappa shape index (κ1) is 14.1. The van der Waals surface area contributed by atoms with Crippen LogP contribution in [0.25, 0.3) is 0 Å². The highest BCUT2D eigenvalue weighted by Crippen LogP contribution is 2.28. The van der Waals surface area contributed by atoms with Crippen LogP contribution < -0.4 is 5.32 Å². The van der Waals surface area contributed by atoms with Gasteiger partial charge in [0, 0.05) is 24.5 Å². The van der Waals surface area contributed by atoms with Gasteiger partial charge in [0.2, 0.25) is 5.91 Å². The number of aromatic nitrogens is 1. The normalized spacial score (nSPS) is 19.4. The quantitative estimate of drug-likeness (QED) is 0.906. The Morgan fingerprint density at radius 1 is 1.42 bits per heavy atom. The topological polar surface area (TPSA) is 37.3 Å². The van der Waals surface area contributed by atoms with E-state index in [2.05, 4.69) is 35.9 Å². The molecule has 4 nitrogen and oxygen atoms in total. The average Bonchev–Trinajstić information content (AvgIpc) is 2.72. The van der Waals surface area contributed by atoms with Crippen LogP contribution in [-0.2, 0) is 11.3 Å². The maximum Gasteiger partial charge on any atom is 0.242 e. The van der Waals surface area contributed by atoms with Gasteiger partial charge in [-0.05, 0) is 46.4 Å². The zero-order valence-electron chi connectivity index (χ0n) is 12.7. The highest BCUT2D eigenvalue weighted by Gasteiger charge is 2.36. The van der Waals surface area contributed by atoms with Crippen molar-refractivity contribution in [2.45, 2.75) is 52.7 Å². The van der Waals surface area contributed by atoms with E-state index in [4.69, 9.17) is 0 Å². The fourth-order valence-corrected chi connectivity index (χ4v) is 2.97. The van der Waals surface area contributed by atoms with Gasteiger partial charge in [0.05, 0.1) is 11.6 Å². The molecule has 4 heteroatoms. The smallest absolute Gasteiger partial charge is 0.242 e. The molecule has 1 atom stereocenters. The maximum atomic E-state index is 12.7. The summed E-state index contributed by atoms with van der Waals surface area (Å²) in [5.74, 6) is 0.187. The number of aryl methyl sites for hydroxylation is 1. The van der Waals surface area contributed by atoms with Crippen LogP contribution in [0.5, 0.6) is 0 Å². The lowest BCUT2D eigenvalue weighted by Crippen LogP contribution is -2.56. The summed E-state index contributed by atoms with van der Waals surface area (Å²) in [5.41, 5.74) is 2.02. The van der Waals surface area contributed by atoms with Crippen LogP contribution in [0.3, 0.4) is 0 Å². The van der Waals surface area contributed by atoms with Crippen LogP contribution in [-0.4, -0.2) is 34.0 Å². The molecular weight excluding hydrogens is 238 g/mol. The number of carbonyl (C=O) groups is 1. The number of hydrogen-bond acceptors (Lipinski definition) is 2. The molecule has 1 amide bonds. The molecule has 1 aromatic rings. The van der Waals surface area contributed by atoms with Crippen molar-refractivity contribution in [2.24, 2.45) is 0 Å². The second kappa shape index (κ2) is 5.00. The van der Waals surface area contributed by atoms with Crippen molar-refractivity contribution < 1.29 is 4.79 Å². The van der Waals surface area contributed by atoms with Gasteiger partial charge in [-0.2, -0.15) is 0 Å². The van der Waals surface area contributed by atoms with E-state index in [-0.39, 0.29) is 11.9 Å². The summed E-state index contributed by atoms with van der Waals surface area (Å²) in [6, 6.07) is 4.42. The molecule has 0 saturated heterocycles. The predicted octanol–water partition coefficient (Wildman–Crippen LogP) is 2.09. The predicted molar refractivity (Wildman–Crippen MR) is 77.1 cm³/mol.